The van der Waals surface area contributed by atoms with Gasteiger partial charge in [-0.3, -0.25) is 9.89 Å². The van der Waals surface area contributed by atoms with Gasteiger partial charge in [0.25, 0.3) is 5.56 Å². The number of nitrogens with zero attached hydrogens (tertiary/aromatic N) is 3. The normalized spacial score (nSPS) is 16.9. The predicted octanol–water partition coefficient (Wildman–Crippen LogP) is 0.437. The molecule has 0 saturated carbocycles. The molecule has 6 heteroatoms. The summed E-state index contributed by atoms with van der Waals surface area (Å²) in [6, 6.07) is 0. The Hall–Kier alpha value is -1.85. The molecule has 0 atom stereocenters. The second-order valence-electron chi connectivity index (χ2n) is 4.00. The van der Waals surface area contributed by atoms with E-state index in [1.807, 2.05) is 4.90 Å². The Morgan fingerprint density at radius 3 is 2.88 bits per heavy atom. The number of nitrogens with one attached hydrogen (secondary N) is 2. The number of aromatic amines is 2. The molecule has 0 amide bonds. The molecule has 0 aromatic carbocycles. The van der Waals surface area contributed by atoms with Crippen LogP contribution in [0.15, 0.2) is 4.79 Å². The fraction of sp³-hybridized carbons (Fsp3) is 0.500. The topological polar surface area (TPSA) is 77.7 Å². The number of anilines is 1. The quantitative estimate of drug-likeness (QED) is 0.728. The van der Waals surface area contributed by atoms with E-state index in [0.29, 0.717) is 17.0 Å². The molecular weight excluding hydrogens is 206 g/mol. The Kier molecular flexibility index (Phi) is 2.12. The molecule has 1 radical (unpaired) electrons. The van der Waals surface area contributed by atoms with E-state index in [1.165, 1.54) is 6.42 Å². The number of hydrogen-bond acceptors (Lipinski definition) is 4. The Balaban J connectivity index is 2.07. The Bertz CT molecular complexity index is 552. The van der Waals surface area contributed by atoms with Crippen molar-refractivity contribution >= 4 is 17.0 Å². The van der Waals surface area contributed by atoms with E-state index in [-0.39, 0.29) is 5.56 Å². The molecule has 1 fully saturated rings. The van der Waals surface area contributed by atoms with Gasteiger partial charge in [-0.15, -0.1) is 0 Å². The van der Waals surface area contributed by atoms with E-state index in [4.69, 9.17) is 0 Å². The van der Waals surface area contributed by atoms with Gasteiger partial charge >= 0.3 is 0 Å². The number of hydrogen-bond donors (Lipinski definition) is 2. The van der Waals surface area contributed by atoms with Crippen LogP contribution in [0.25, 0.3) is 11.2 Å². The molecule has 3 rings (SSSR count). The summed E-state index contributed by atoms with van der Waals surface area (Å²) >= 11 is 0. The maximum Gasteiger partial charge on any atom is 0.291 e. The lowest BCUT2D eigenvalue weighted by Crippen LogP contribution is -2.34. The molecule has 1 saturated heterocycles. The first-order valence-corrected chi connectivity index (χ1v) is 5.45. The van der Waals surface area contributed by atoms with Gasteiger partial charge in [-0.1, -0.05) is 0 Å². The summed E-state index contributed by atoms with van der Waals surface area (Å²) in [6.45, 7) is 1.80. The van der Waals surface area contributed by atoms with Crippen molar-refractivity contribution < 1.29 is 0 Å². The van der Waals surface area contributed by atoms with Crippen molar-refractivity contribution in [2.45, 2.75) is 19.3 Å². The minimum absolute atomic E-state index is 0.160. The van der Waals surface area contributed by atoms with Crippen molar-refractivity contribution in [3.05, 3.63) is 16.6 Å². The third-order valence-electron chi connectivity index (χ3n) is 2.88. The minimum Gasteiger partial charge on any atom is -0.352 e. The summed E-state index contributed by atoms with van der Waals surface area (Å²) in [6.07, 6.45) is 6.12. The van der Waals surface area contributed by atoms with Crippen molar-refractivity contribution in [2.75, 3.05) is 18.0 Å². The molecule has 83 valence electrons. The SMILES string of the molecule is O=c1[nH]c2[c]n[nH]c2nc1N1CCCCC1. The van der Waals surface area contributed by atoms with Crippen molar-refractivity contribution in [1.29, 1.82) is 0 Å². The van der Waals surface area contributed by atoms with E-state index >= 15 is 0 Å². The number of H-pyrrole nitrogens is 2. The van der Waals surface area contributed by atoms with E-state index in [9.17, 15) is 4.79 Å². The molecule has 0 bridgehead atoms. The molecule has 3 heterocycles. The van der Waals surface area contributed by atoms with Gasteiger partial charge in [0.1, 0.15) is 11.7 Å². The largest absolute Gasteiger partial charge is 0.352 e. The lowest BCUT2D eigenvalue weighted by Gasteiger charge is -2.26. The lowest BCUT2D eigenvalue weighted by molar-refractivity contribution is 0.572. The van der Waals surface area contributed by atoms with Crippen LogP contribution in [0.1, 0.15) is 19.3 Å². The van der Waals surface area contributed by atoms with Crippen molar-refractivity contribution in [2.24, 2.45) is 0 Å². The highest BCUT2D eigenvalue weighted by molar-refractivity contribution is 5.69. The molecule has 16 heavy (non-hydrogen) atoms. The van der Waals surface area contributed by atoms with Crippen LogP contribution in [-0.2, 0) is 0 Å². The number of aromatic nitrogens is 4. The average Bonchev–Trinajstić information content (AvgIpc) is 2.76. The molecule has 0 unspecified atom stereocenters. The molecular formula is C10H12N5O. The zero-order valence-corrected chi connectivity index (χ0v) is 8.79. The van der Waals surface area contributed by atoms with Crippen molar-refractivity contribution in [3.63, 3.8) is 0 Å². The van der Waals surface area contributed by atoms with Crippen LogP contribution in [0, 0.1) is 6.20 Å². The van der Waals surface area contributed by atoms with Crippen LogP contribution >= 0.6 is 0 Å². The van der Waals surface area contributed by atoms with Gasteiger partial charge in [0.05, 0.1) is 0 Å². The third-order valence-corrected chi connectivity index (χ3v) is 2.88. The van der Waals surface area contributed by atoms with E-state index in [0.717, 1.165) is 25.9 Å². The summed E-state index contributed by atoms with van der Waals surface area (Å²) in [5.74, 6) is 0.491. The molecule has 2 N–H and O–H groups in total. The first-order valence-electron chi connectivity index (χ1n) is 5.45. The standard InChI is InChI=1S/C10H12N5O/c16-10-9(15-4-2-1-3-5-15)13-8-7(12-10)6-11-14-8/h1-5H2,(H,12,16)(H,11,13,14). The molecule has 2 aromatic rings. The zero-order chi connectivity index (χ0) is 11.0. The maximum absolute atomic E-state index is 11.8. The molecule has 0 spiro atoms. The van der Waals surface area contributed by atoms with Crippen LogP contribution in [0.5, 0.6) is 0 Å². The predicted molar refractivity (Wildman–Crippen MR) is 59.4 cm³/mol. The van der Waals surface area contributed by atoms with Gasteiger partial charge in [0.2, 0.25) is 0 Å². The summed E-state index contributed by atoms with van der Waals surface area (Å²) in [4.78, 5) is 20.9. The van der Waals surface area contributed by atoms with Crippen LogP contribution in [0.2, 0.25) is 0 Å². The molecule has 0 aliphatic carbocycles. The smallest absolute Gasteiger partial charge is 0.291 e. The van der Waals surface area contributed by atoms with Gasteiger partial charge in [-0.2, -0.15) is 5.10 Å². The Labute approximate surface area is 91.7 Å². The van der Waals surface area contributed by atoms with Crippen LogP contribution < -0.4 is 10.5 Å². The molecule has 1 aliphatic heterocycles. The third kappa shape index (κ3) is 1.46. The van der Waals surface area contributed by atoms with Crippen LogP contribution in [0.4, 0.5) is 5.82 Å². The van der Waals surface area contributed by atoms with Crippen molar-refractivity contribution in [3.8, 4) is 0 Å². The lowest BCUT2D eigenvalue weighted by atomic mass is 10.1. The number of fused-ring (bicyclic) bond motifs is 1. The highest BCUT2D eigenvalue weighted by Crippen LogP contribution is 2.15. The first-order chi connectivity index (χ1) is 7.84. The fourth-order valence-corrected chi connectivity index (χ4v) is 2.06. The van der Waals surface area contributed by atoms with Gasteiger partial charge in [-0.05, 0) is 19.3 Å². The highest BCUT2D eigenvalue weighted by atomic mass is 16.1. The van der Waals surface area contributed by atoms with E-state index in [1.54, 1.807) is 0 Å². The summed E-state index contributed by atoms with van der Waals surface area (Å²) in [7, 11) is 0. The van der Waals surface area contributed by atoms with Gasteiger partial charge in [-0.25, -0.2) is 4.98 Å². The zero-order valence-electron chi connectivity index (χ0n) is 8.79. The van der Waals surface area contributed by atoms with Gasteiger partial charge in [0.15, 0.2) is 11.5 Å². The minimum atomic E-state index is -0.160. The van der Waals surface area contributed by atoms with Crippen molar-refractivity contribution in [1.82, 2.24) is 20.2 Å². The maximum atomic E-state index is 11.8. The summed E-state index contributed by atoms with van der Waals surface area (Å²) in [5.41, 5.74) is 0.956. The monoisotopic (exact) mass is 218 g/mol. The van der Waals surface area contributed by atoms with Gasteiger partial charge in [0, 0.05) is 13.1 Å². The second kappa shape index (κ2) is 3.62. The number of piperidine rings is 1. The average molecular weight is 218 g/mol. The second-order valence-corrected chi connectivity index (χ2v) is 4.00. The fourth-order valence-electron chi connectivity index (χ4n) is 2.06. The number of rotatable bonds is 1. The molecule has 2 aromatic heterocycles. The summed E-state index contributed by atoms with van der Waals surface area (Å²) < 4.78 is 0. The van der Waals surface area contributed by atoms with E-state index in [2.05, 4.69) is 26.4 Å². The molecule has 1 aliphatic rings. The molecule has 6 nitrogen and oxygen atoms in total. The highest BCUT2D eigenvalue weighted by Gasteiger charge is 2.16. The first kappa shape index (κ1) is 9.38. The van der Waals surface area contributed by atoms with Gasteiger partial charge < -0.3 is 9.88 Å². The Morgan fingerprint density at radius 1 is 1.25 bits per heavy atom. The van der Waals surface area contributed by atoms with Crippen LogP contribution in [-0.4, -0.2) is 33.3 Å². The Morgan fingerprint density at radius 2 is 2.06 bits per heavy atom. The van der Waals surface area contributed by atoms with E-state index < -0.39 is 0 Å². The van der Waals surface area contributed by atoms with Crippen LogP contribution in [0.3, 0.4) is 0 Å². The summed E-state index contributed by atoms with van der Waals surface area (Å²) in [5, 5.41) is 6.44.